The number of carbonyl (C=O) groups is 1. The zero-order valence-corrected chi connectivity index (χ0v) is 14.5. The Balaban J connectivity index is 0.00000176. The molecular formula is C17H28ClN3O. The number of nitrogens with one attached hydrogen (secondary N) is 2. The topological polar surface area (TPSA) is 46.1 Å². The first-order valence-electron chi connectivity index (χ1n) is 8.34. The molecule has 0 spiro atoms. The molecule has 2 fully saturated rings. The van der Waals surface area contributed by atoms with Crippen LogP contribution in [0, 0.1) is 19.8 Å². The van der Waals surface area contributed by atoms with Gasteiger partial charge in [0.05, 0.1) is 5.56 Å². The van der Waals surface area contributed by atoms with Crippen LogP contribution >= 0.6 is 12.4 Å². The van der Waals surface area contributed by atoms with Gasteiger partial charge in [-0.25, -0.2) is 0 Å². The van der Waals surface area contributed by atoms with Gasteiger partial charge in [0.25, 0.3) is 5.91 Å². The fraction of sp³-hybridized carbons (Fsp3) is 0.706. The lowest BCUT2D eigenvalue weighted by atomic mass is 9.95. The van der Waals surface area contributed by atoms with Gasteiger partial charge in [0.15, 0.2) is 0 Å². The van der Waals surface area contributed by atoms with Crippen LogP contribution < -0.4 is 10.6 Å². The molecule has 1 aliphatic carbocycles. The zero-order valence-electron chi connectivity index (χ0n) is 13.7. The summed E-state index contributed by atoms with van der Waals surface area (Å²) in [6.07, 6.45) is 6.50. The molecule has 2 heterocycles. The first-order valence-corrected chi connectivity index (χ1v) is 8.34. The van der Waals surface area contributed by atoms with E-state index in [4.69, 9.17) is 0 Å². The van der Waals surface area contributed by atoms with Crippen LogP contribution in [0.15, 0.2) is 6.07 Å². The Bertz CT molecular complexity index is 516. The Kier molecular flexibility index (Phi) is 5.93. The third kappa shape index (κ3) is 3.49. The molecule has 2 N–H and O–H groups in total. The predicted molar refractivity (Wildman–Crippen MR) is 92.0 cm³/mol. The molecule has 0 atom stereocenters. The minimum absolute atomic E-state index is 0. The molecule has 4 nitrogen and oxygen atoms in total. The number of aromatic nitrogens is 1. The Hall–Kier alpha value is -1.000. The van der Waals surface area contributed by atoms with E-state index in [0.717, 1.165) is 30.9 Å². The molecule has 1 saturated heterocycles. The van der Waals surface area contributed by atoms with Crippen LogP contribution in [0.5, 0.6) is 0 Å². The van der Waals surface area contributed by atoms with E-state index in [-0.39, 0.29) is 18.3 Å². The van der Waals surface area contributed by atoms with Gasteiger partial charge in [-0.2, -0.15) is 0 Å². The van der Waals surface area contributed by atoms with Crippen LogP contribution in [-0.2, 0) is 0 Å². The maximum absolute atomic E-state index is 12.4. The minimum atomic E-state index is 0. The molecule has 5 heteroatoms. The van der Waals surface area contributed by atoms with Gasteiger partial charge < -0.3 is 15.2 Å². The minimum Gasteiger partial charge on any atom is -0.352 e. The van der Waals surface area contributed by atoms with Gasteiger partial charge in [-0.05, 0) is 32.8 Å². The highest BCUT2D eigenvalue weighted by atomic mass is 35.5. The summed E-state index contributed by atoms with van der Waals surface area (Å²) >= 11 is 0. The van der Waals surface area contributed by atoms with Crippen LogP contribution in [0.4, 0.5) is 0 Å². The third-order valence-corrected chi connectivity index (χ3v) is 5.09. The van der Waals surface area contributed by atoms with Crippen LogP contribution in [0.1, 0.15) is 59.9 Å². The van der Waals surface area contributed by atoms with Gasteiger partial charge in [-0.1, -0.05) is 19.3 Å². The molecule has 0 aromatic carbocycles. The average Bonchev–Trinajstić information content (AvgIpc) is 2.73. The van der Waals surface area contributed by atoms with Crippen LogP contribution in [0.25, 0.3) is 0 Å². The van der Waals surface area contributed by atoms with Crippen LogP contribution in [0.2, 0.25) is 0 Å². The Morgan fingerprint density at radius 3 is 2.55 bits per heavy atom. The second kappa shape index (κ2) is 7.51. The zero-order chi connectivity index (χ0) is 14.8. The number of aryl methyl sites for hydroxylation is 1. The largest absolute Gasteiger partial charge is 0.352 e. The van der Waals surface area contributed by atoms with Crippen LogP contribution in [-0.4, -0.2) is 30.1 Å². The maximum Gasteiger partial charge on any atom is 0.253 e. The van der Waals surface area contributed by atoms with Crippen molar-refractivity contribution in [3.8, 4) is 0 Å². The van der Waals surface area contributed by atoms with E-state index < -0.39 is 0 Å². The summed E-state index contributed by atoms with van der Waals surface area (Å²) in [6, 6.07) is 2.66. The monoisotopic (exact) mass is 325 g/mol. The first kappa shape index (κ1) is 17.4. The normalized spacial score (nSPS) is 19.4. The van der Waals surface area contributed by atoms with E-state index in [2.05, 4.69) is 35.1 Å². The number of hydrogen-bond donors (Lipinski definition) is 2. The first-order chi connectivity index (χ1) is 10.2. The van der Waals surface area contributed by atoms with E-state index >= 15 is 0 Å². The fourth-order valence-corrected chi connectivity index (χ4v) is 3.73. The van der Waals surface area contributed by atoms with Gasteiger partial charge in [0.2, 0.25) is 0 Å². The molecular weight excluding hydrogens is 298 g/mol. The summed E-state index contributed by atoms with van der Waals surface area (Å²) in [5.41, 5.74) is 3.24. The summed E-state index contributed by atoms with van der Waals surface area (Å²) in [7, 11) is 0. The van der Waals surface area contributed by atoms with Gasteiger partial charge in [-0.3, -0.25) is 4.79 Å². The van der Waals surface area contributed by atoms with Crippen molar-refractivity contribution in [1.82, 2.24) is 15.2 Å². The number of halogens is 1. The lowest BCUT2D eigenvalue weighted by Crippen LogP contribution is -2.48. The van der Waals surface area contributed by atoms with Gasteiger partial charge >= 0.3 is 0 Å². The van der Waals surface area contributed by atoms with Crippen molar-refractivity contribution in [2.75, 3.05) is 19.6 Å². The smallest absolute Gasteiger partial charge is 0.253 e. The van der Waals surface area contributed by atoms with Crippen molar-refractivity contribution in [3.05, 3.63) is 23.0 Å². The molecule has 0 unspecified atom stereocenters. The second-order valence-corrected chi connectivity index (χ2v) is 6.68. The summed E-state index contributed by atoms with van der Waals surface area (Å²) < 4.78 is 2.40. The van der Waals surface area contributed by atoms with E-state index in [1.165, 1.54) is 37.8 Å². The molecule has 1 saturated carbocycles. The Morgan fingerprint density at radius 1 is 1.27 bits per heavy atom. The van der Waals surface area contributed by atoms with Crippen molar-refractivity contribution in [3.63, 3.8) is 0 Å². The molecule has 0 bridgehead atoms. The summed E-state index contributed by atoms with van der Waals surface area (Å²) in [4.78, 5) is 12.4. The lowest BCUT2D eigenvalue weighted by molar-refractivity contribution is 0.0941. The average molecular weight is 326 g/mol. The number of rotatable bonds is 4. The predicted octanol–water partition coefficient (Wildman–Crippen LogP) is 2.98. The highest BCUT2D eigenvalue weighted by Gasteiger charge is 2.23. The quantitative estimate of drug-likeness (QED) is 0.894. The van der Waals surface area contributed by atoms with Gasteiger partial charge in [0, 0.05) is 43.0 Å². The molecule has 1 aromatic rings. The van der Waals surface area contributed by atoms with Crippen molar-refractivity contribution in [2.24, 2.45) is 5.92 Å². The van der Waals surface area contributed by atoms with E-state index in [9.17, 15) is 4.79 Å². The summed E-state index contributed by atoms with van der Waals surface area (Å²) in [6.45, 7) is 7.08. The van der Waals surface area contributed by atoms with E-state index in [1.807, 2.05) is 0 Å². The molecule has 1 aliphatic heterocycles. The van der Waals surface area contributed by atoms with Gasteiger partial charge in [0.1, 0.15) is 0 Å². The SMILES string of the molecule is Cc1cc(C(=O)NCC2CNC2)c(C)n1C1CCCCC1.Cl. The Morgan fingerprint density at radius 2 is 1.95 bits per heavy atom. The number of carbonyl (C=O) groups excluding carboxylic acids is 1. The second-order valence-electron chi connectivity index (χ2n) is 6.68. The van der Waals surface area contributed by atoms with Crippen molar-refractivity contribution >= 4 is 18.3 Å². The van der Waals surface area contributed by atoms with E-state index in [1.54, 1.807) is 0 Å². The molecule has 1 amide bonds. The summed E-state index contributed by atoms with van der Waals surface area (Å²) in [5, 5.41) is 6.33. The molecule has 124 valence electrons. The maximum atomic E-state index is 12.4. The highest BCUT2D eigenvalue weighted by molar-refractivity contribution is 5.95. The molecule has 3 rings (SSSR count). The van der Waals surface area contributed by atoms with Crippen molar-refractivity contribution < 1.29 is 4.79 Å². The fourth-order valence-electron chi connectivity index (χ4n) is 3.73. The van der Waals surface area contributed by atoms with Crippen LogP contribution in [0.3, 0.4) is 0 Å². The van der Waals surface area contributed by atoms with Crippen molar-refractivity contribution in [1.29, 1.82) is 0 Å². The lowest BCUT2D eigenvalue weighted by Gasteiger charge is -2.27. The number of amides is 1. The van der Waals surface area contributed by atoms with Gasteiger partial charge in [-0.15, -0.1) is 12.4 Å². The highest BCUT2D eigenvalue weighted by Crippen LogP contribution is 2.32. The van der Waals surface area contributed by atoms with Crippen molar-refractivity contribution in [2.45, 2.75) is 52.0 Å². The molecule has 22 heavy (non-hydrogen) atoms. The molecule has 1 aromatic heterocycles. The number of nitrogens with zero attached hydrogens (tertiary/aromatic N) is 1. The standard InChI is InChI=1S/C17H27N3O.ClH/c1-12-8-16(17(21)19-11-14-9-18-10-14)13(2)20(12)15-6-4-3-5-7-15;/h8,14-15,18H,3-7,9-11H2,1-2H3,(H,19,21);1H. The summed E-state index contributed by atoms with van der Waals surface area (Å²) in [5.74, 6) is 0.702. The van der Waals surface area contributed by atoms with E-state index in [0.29, 0.717) is 12.0 Å². The molecule has 0 radical (unpaired) electrons. The number of hydrogen-bond acceptors (Lipinski definition) is 2. The third-order valence-electron chi connectivity index (χ3n) is 5.09. The Labute approximate surface area is 139 Å². The molecule has 2 aliphatic rings.